The molecule has 2 N–H and O–H groups in total. The summed E-state index contributed by atoms with van der Waals surface area (Å²) in [6.45, 7) is 12.3. The Morgan fingerprint density at radius 2 is 2.10 bits per heavy atom. The van der Waals surface area contributed by atoms with Crippen molar-refractivity contribution in [3.05, 3.63) is 23.5 Å². The van der Waals surface area contributed by atoms with Gasteiger partial charge >= 0.3 is 6.09 Å². The first-order valence-corrected chi connectivity index (χ1v) is 10.9. The normalized spacial score (nSPS) is 21.1. The van der Waals surface area contributed by atoms with Crippen LogP contribution in [-0.2, 0) is 16.0 Å². The number of nitrogens with one attached hydrogen (secondary N) is 2. The smallest absolute Gasteiger partial charge is 0.412 e. The summed E-state index contributed by atoms with van der Waals surface area (Å²) in [4.78, 5) is 24.3. The van der Waals surface area contributed by atoms with Crippen LogP contribution in [-0.4, -0.2) is 63.4 Å². The molecule has 3 heterocycles. The summed E-state index contributed by atoms with van der Waals surface area (Å²) >= 11 is 1.60. The van der Waals surface area contributed by atoms with Crippen molar-refractivity contribution in [1.29, 1.82) is 0 Å². The molecule has 2 atom stereocenters. The van der Waals surface area contributed by atoms with E-state index in [0.717, 1.165) is 10.7 Å². The number of rotatable bonds is 4. The van der Waals surface area contributed by atoms with Crippen molar-refractivity contribution in [2.75, 3.05) is 13.6 Å². The van der Waals surface area contributed by atoms with Crippen molar-refractivity contribution in [2.24, 2.45) is 4.99 Å². The Bertz CT molecular complexity index is 891. The summed E-state index contributed by atoms with van der Waals surface area (Å²) in [5.74, 6) is 0.632. The topological polar surface area (TPSA) is 92.5 Å². The van der Waals surface area contributed by atoms with Crippen LogP contribution >= 0.6 is 35.3 Å². The maximum Gasteiger partial charge on any atom is 0.412 e. The predicted molar refractivity (Wildman–Crippen MR) is 133 cm³/mol. The maximum atomic E-state index is 12.9. The number of hydrogen-bond acceptors (Lipinski definition) is 6. The lowest BCUT2D eigenvalue weighted by atomic mass is 10.1. The van der Waals surface area contributed by atoms with E-state index in [-0.39, 0.29) is 42.2 Å². The van der Waals surface area contributed by atoms with Crippen molar-refractivity contribution in [3.63, 3.8) is 0 Å². The van der Waals surface area contributed by atoms with Crippen LogP contribution in [0, 0.1) is 0 Å². The molecule has 0 aromatic carbocycles. The van der Waals surface area contributed by atoms with Gasteiger partial charge < -0.3 is 20.1 Å². The third-order valence-electron chi connectivity index (χ3n) is 4.80. The number of aliphatic imine (C=N–C) groups is 1. The average molecular weight is 564 g/mol. The first-order valence-electron chi connectivity index (χ1n) is 10.1. The SMILES string of the molecule is CN=C(NCc1cn2ccsc2n1)NCC1C(C)OC(C)(C)N1C(=O)OC(C)(C)C.I. The molecule has 3 rings (SSSR count). The molecule has 0 bridgehead atoms. The van der Waals surface area contributed by atoms with E-state index >= 15 is 0 Å². The first kappa shape index (κ1) is 25.7. The van der Waals surface area contributed by atoms with Crippen LogP contribution in [0.5, 0.6) is 0 Å². The number of halogens is 1. The molecule has 2 aromatic rings. The van der Waals surface area contributed by atoms with Crippen LogP contribution in [0.3, 0.4) is 0 Å². The minimum Gasteiger partial charge on any atom is -0.444 e. The Morgan fingerprint density at radius 1 is 1.39 bits per heavy atom. The summed E-state index contributed by atoms with van der Waals surface area (Å²) in [7, 11) is 1.71. The number of ether oxygens (including phenoxy) is 2. The van der Waals surface area contributed by atoms with Gasteiger partial charge in [0.2, 0.25) is 0 Å². The van der Waals surface area contributed by atoms with Gasteiger partial charge in [-0.3, -0.25) is 14.3 Å². The molecule has 2 unspecified atom stereocenters. The predicted octanol–water partition coefficient (Wildman–Crippen LogP) is 3.44. The molecule has 2 aromatic heterocycles. The highest BCUT2D eigenvalue weighted by Crippen LogP contribution is 2.33. The van der Waals surface area contributed by atoms with Gasteiger partial charge in [0.15, 0.2) is 10.9 Å². The molecular weight excluding hydrogens is 531 g/mol. The fourth-order valence-corrected chi connectivity index (χ4v) is 4.30. The number of hydrogen-bond donors (Lipinski definition) is 2. The van der Waals surface area contributed by atoms with Gasteiger partial charge in [0.25, 0.3) is 0 Å². The third kappa shape index (κ3) is 6.22. The van der Waals surface area contributed by atoms with E-state index in [0.29, 0.717) is 19.0 Å². The molecule has 174 valence electrons. The Morgan fingerprint density at radius 3 is 2.71 bits per heavy atom. The molecule has 1 aliphatic heterocycles. The number of guanidine groups is 1. The van der Waals surface area contributed by atoms with Crippen LogP contribution in [0.15, 0.2) is 22.8 Å². The number of imidazole rings is 1. The zero-order valence-electron chi connectivity index (χ0n) is 19.1. The summed E-state index contributed by atoms with van der Waals surface area (Å²) in [6.07, 6.45) is 3.44. The Hall–Kier alpha value is -1.60. The number of carbonyl (C=O) groups excluding carboxylic acids is 1. The van der Waals surface area contributed by atoms with Crippen molar-refractivity contribution < 1.29 is 14.3 Å². The first-order chi connectivity index (χ1) is 14.0. The summed E-state index contributed by atoms with van der Waals surface area (Å²) < 4.78 is 13.7. The molecule has 11 heteroatoms. The third-order valence-corrected chi connectivity index (χ3v) is 5.57. The molecule has 0 spiro atoms. The Labute approximate surface area is 204 Å². The van der Waals surface area contributed by atoms with E-state index < -0.39 is 11.3 Å². The lowest BCUT2D eigenvalue weighted by Gasteiger charge is -2.35. The monoisotopic (exact) mass is 564 g/mol. The van der Waals surface area contributed by atoms with E-state index in [1.54, 1.807) is 23.3 Å². The van der Waals surface area contributed by atoms with Crippen LogP contribution < -0.4 is 10.6 Å². The van der Waals surface area contributed by atoms with Gasteiger partial charge in [-0.25, -0.2) is 9.78 Å². The molecule has 1 saturated heterocycles. The highest BCUT2D eigenvalue weighted by molar-refractivity contribution is 14.0. The Kier molecular flexibility index (Phi) is 8.20. The van der Waals surface area contributed by atoms with Gasteiger partial charge in [-0.15, -0.1) is 35.3 Å². The zero-order chi connectivity index (χ0) is 22.1. The molecule has 0 aliphatic carbocycles. The highest BCUT2D eigenvalue weighted by atomic mass is 127. The molecule has 1 amide bonds. The van der Waals surface area contributed by atoms with Gasteiger partial charge in [0, 0.05) is 31.4 Å². The minimum absolute atomic E-state index is 0. The zero-order valence-corrected chi connectivity index (χ0v) is 22.3. The van der Waals surface area contributed by atoms with Crippen molar-refractivity contribution in [3.8, 4) is 0 Å². The van der Waals surface area contributed by atoms with Gasteiger partial charge in [0.05, 0.1) is 24.4 Å². The number of carbonyl (C=O) groups is 1. The van der Waals surface area contributed by atoms with Crippen LogP contribution in [0.4, 0.5) is 4.79 Å². The number of amides is 1. The fourth-order valence-electron chi connectivity index (χ4n) is 3.58. The van der Waals surface area contributed by atoms with E-state index in [1.807, 2.05) is 63.7 Å². The molecule has 1 aliphatic rings. The number of fused-ring (bicyclic) bond motifs is 1. The molecule has 31 heavy (non-hydrogen) atoms. The molecule has 0 saturated carbocycles. The van der Waals surface area contributed by atoms with Crippen LogP contribution in [0.25, 0.3) is 4.96 Å². The largest absolute Gasteiger partial charge is 0.444 e. The molecule has 0 radical (unpaired) electrons. The van der Waals surface area contributed by atoms with Crippen LogP contribution in [0.1, 0.15) is 47.2 Å². The lowest BCUT2D eigenvalue weighted by molar-refractivity contribution is -0.0755. The summed E-state index contributed by atoms with van der Waals surface area (Å²) in [5, 5.41) is 8.58. The quantitative estimate of drug-likeness (QED) is 0.336. The fraction of sp³-hybridized carbons (Fsp3) is 0.650. The number of thiazole rings is 1. The van der Waals surface area contributed by atoms with Crippen molar-refractivity contribution in [1.82, 2.24) is 24.9 Å². The van der Waals surface area contributed by atoms with E-state index in [9.17, 15) is 4.79 Å². The Balaban J connectivity index is 0.00000341. The highest BCUT2D eigenvalue weighted by Gasteiger charge is 2.49. The van der Waals surface area contributed by atoms with E-state index in [4.69, 9.17) is 9.47 Å². The molecule has 1 fully saturated rings. The van der Waals surface area contributed by atoms with Crippen LogP contribution in [0.2, 0.25) is 0 Å². The van der Waals surface area contributed by atoms with Crippen molar-refractivity contribution >= 4 is 52.3 Å². The second-order valence-corrected chi connectivity index (χ2v) is 9.69. The lowest BCUT2D eigenvalue weighted by Crippen LogP contribution is -2.54. The van der Waals surface area contributed by atoms with Gasteiger partial charge in [-0.2, -0.15) is 0 Å². The van der Waals surface area contributed by atoms with E-state index in [2.05, 4.69) is 20.6 Å². The second kappa shape index (κ2) is 9.90. The number of aromatic nitrogens is 2. The minimum atomic E-state index is -0.757. The summed E-state index contributed by atoms with van der Waals surface area (Å²) in [5.41, 5.74) is -0.404. The average Bonchev–Trinajstić information content (AvgIpc) is 3.25. The van der Waals surface area contributed by atoms with Gasteiger partial charge in [-0.05, 0) is 41.5 Å². The van der Waals surface area contributed by atoms with Gasteiger partial charge in [0.1, 0.15) is 11.3 Å². The number of nitrogens with zero attached hydrogens (tertiary/aromatic N) is 4. The second-order valence-electron chi connectivity index (χ2n) is 8.82. The van der Waals surface area contributed by atoms with Crippen molar-refractivity contribution in [2.45, 2.75) is 71.6 Å². The molecular formula is C20H33IN6O3S. The maximum absolute atomic E-state index is 12.9. The molecule has 9 nitrogen and oxygen atoms in total. The van der Waals surface area contributed by atoms with E-state index in [1.165, 1.54) is 0 Å². The standard InChI is InChI=1S/C20H32N6O3S.HI/c1-13-15(26(20(5,6)28-13)18(27)29-19(2,3)4)11-23-16(21-7)22-10-14-12-25-8-9-30-17(25)24-14;/h8-9,12-13,15H,10-11H2,1-7H3,(H2,21,22,23);1H. The van der Waals surface area contributed by atoms with Gasteiger partial charge in [-0.1, -0.05) is 0 Å². The summed E-state index contributed by atoms with van der Waals surface area (Å²) in [6, 6.07) is -0.202.